The first-order chi connectivity index (χ1) is 20.4. The van der Waals surface area contributed by atoms with Crippen molar-refractivity contribution in [3.8, 4) is 0 Å². The Bertz CT molecular complexity index is 1140. The van der Waals surface area contributed by atoms with Crippen LogP contribution in [0.15, 0.2) is 36.4 Å². The fraction of sp³-hybridized carbons (Fsp3) is 0.613. The van der Waals surface area contributed by atoms with E-state index in [1.54, 1.807) is 11.0 Å². The highest BCUT2D eigenvalue weighted by atomic mass is 35.5. The summed E-state index contributed by atoms with van der Waals surface area (Å²) in [7, 11) is 0. The average molecular weight is 641 g/mol. The zero-order valence-electron chi connectivity index (χ0n) is 26.5. The van der Waals surface area contributed by atoms with E-state index in [0.717, 1.165) is 0 Å². The molecule has 2 rings (SSSR count). The Labute approximate surface area is 264 Å². The molecule has 1 saturated heterocycles. The molecule has 1 heterocycles. The zero-order chi connectivity index (χ0) is 33.8. The minimum absolute atomic E-state index is 0.0135. The molecule has 0 unspecified atom stereocenters. The quantitative estimate of drug-likeness (QED) is 0.165. The largest absolute Gasteiger partial charge is 0.478 e. The van der Waals surface area contributed by atoms with Crippen LogP contribution in [0.2, 0.25) is 5.02 Å². The number of aliphatic hydroxyl groups is 2. The van der Waals surface area contributed by atoms with Gasteiger partial charge >= 0.3 is 11.9 Å². The number of nitrogens with zero attached hydrogens (tertiary/aromatic N) is 2. The van der Waals surface area contributed by atoms with Crippen molar-refractivity contribution in [2.45, 2.75) is 84.1 Å². The molecule has 0 bridgehead atoms. The number of halogens is 1. The Kier molecular flexibility index (Phi) is 15.5. The van der Waals surface area contributed by atoms with E-state index in [2.05, 4.69) is 5.32 Å². The number of para-hydroxylation sites is 1. The summed E-state index contributed by atoms with van der Waals surface area (Å²) in [5, 5.41) is 40.5. The van der Waals surface area contributed by atoms with Crippen LogP contribution in [0, 0.1) is 11.8 Å². The molecule has 0 spiro atoms. The molecule has 1 fully saturated rings. The van der Waals surface area contributed by atoms with E-state index >= 15 is 0 Å². The number of carbonyl (C=O) groups excluding carboxylic acids is 2. The number of carbonyl (C=O) groups is 4. The molecule has 0 saturated carbocycles. The first-order valence-electron chi connectivity index (χ1n) is 14.7. The van der Waals surface area contributed by atoms with Crippen molar-refractivity contribution in [2.75, 3.05) is 31.1 Å². The molecule has 7 N–H and O–H groups in total. The predicted octanol–water partition coefficient (Wildman–Crippen LogP) is 2.50. The number of aliphatic hydroxyl groups excluding tert-OH is 1. The molecule has 1 aromatic carbocycles. The number of piperazine rings is 1. The van der Waals surface area contributed by atoms with Gasteiger partial charge in [-0.05, 0) is 51.2 Å². The summed E-state index contributed by atoms with van der Waals surface area (Å²) in [6.07, 6.45) is 1.48. The van der Waals surface area contributed by atoms with E-state index in [9.17, 15) is 29.4 Å². The van der Waals surface area contributed by atoms with E-state index in [-0.39, 0.29) is 37.2 Å². The number of aliphatic carboxylic acids is 2. The van der Waals surface area contributed by atoms with Gasteiger partial charge in [0, 0.05) is 49.3 Å². The molecule has 2 amide bonds. The Morgan fingerprint density at radius 2 is 1.66 bits per heavy atom. The Morgan fingerprint density at radius 1 is 1.11 bits per heavy atom. The number of carboxylic acid groups (broad SMARTS) is 2. The van der Waals surface area contributed by atoms with E-state index in [1.807, 2.05) is 64.6 Å². The van der Waals surface area contributed by atoms with Gasteiger partial charge in [-0.25, -0.2) is 9.59 Å². The summed E-state index contributed by atoms with van der Waals surface area (Å²) in [6.45, 7) is 12.8. The van der Waals surface area contributed by atoms with Gasteiger partial charge in [0.25, 0.3) is 0 Å². The van der Waals surface area contributed by atoms with Gasteiger partial charge in [0.05, 0.1) is 29.0 Å². The third kappa shape index (κ3) is 12.2. The van der Waals surface area contributed by atoms with E-state index in [0.29, 0.717) is 48.8 Å². The summed E-state index contributed by atoms with van der Waals surface area (Å²) in [4.78, 5) is 48.7. The minimum Gasteiger partial charge on any atom is -0.478 e. The van der Waals surface area contributed by atoms with Crippen molar-refractivity contribution >= 4 is 41.0 Å². The Balaban J connectivity index is 0.00000106. The maximum atomic E-state index is 13.0. The fourth-order valence-corrected chi connectivity index (χ4v) is 5.00. The highest BCUT2D eigenvalue weighted by Crippen LogP contribution is 2.31. The summed E-state index contributed by atoms with van der Waals surface area (Å²) in [5.74, 6) is -3.25. The predicted molar refractivity (Wildman–Crippen MR) is 169 cm³/mol. The number of nitrogens with two attached hydrogens (primary N) is 1. The molecule has 1 aromatic rings. The fourth-order valence-electron chi connectivity index (χ4n) is 4.76. The molecule has 0 aliphatic carbocycles. The lowest BCUT2D eigenvalue weighted by Gasteiger charge is -2.47. The summed E-state index contributed by atoms with van der Waals surface area (Å²) in [6, 6.07) is 6.65. The number of anilines is 1. The second-order valence-corrected chi connectivity index (χ2v) is 12.5. The van der Waals surface area contributed by atoms with Gasteiger partial charge in [-0.2, -0.15) is 0 Å². The lowest BCUT2D eigenvalue weighted by molar-refractivity contribution is -0.134. The number of nitrogens with one attached hydrogen (secondary N) is 1. The molecule has 12 nitrogen and oxygen atoms in total. The molecule has 1 aliphatic rings. The smallest absolute Gasteiger partial charge is 0.328 e. The topological polar surface area (TPSA) is 194 Å². The minimum atomic E-state index is -1.26. The summed E-state index contributed by atoms with van der Waals surface area (Å²) in [5.41, 5.74) is 5.76. The number of hydrogen-bond donors (Lipinski definition) is 6. The molecule has 0 radical (unpaired) electrons. The van der Waals surface area contributed by atoms with Crippen molar-refractivity contribution in [1.29, 1.82) is 0 Å². The highest BCUT2D eigenvalue weighted by Gasteiger charge is 2.40. The number of carboxylic acids is 2. The molecule has 44 heavy (non-hydrogen) atoms. The van der Waals surface area contributed by atoms with Gasteiger partial charge < -0.3 is 36.4 Å². The van der Waals surface area contributed by atoms with Crippen LogP contribution in [0.1, 0.15) is 60.8 Å². The highest BCUT2D eigenvalue weighted by molar-refractivity contribution is 6.33. The number of amides is 2. The third-order valence-corrected chi connectivity index (χ3v) is 8.33. The van der Waals surface area contributed by atoms with Crippen LogP contribution in [-0.2, 0) is 19.2 Å². The van der Waals surface area contributed by atoms with E-state index < -0.39 is 41.1 Å². The number of rotatable bonds is 14. The van der Waals surface area contributed by atoms with Crippen molar-refractivity contribution < 1.29 is 39.6 Å². The van der Waals surface area contributed by atoms with Crippen molar-refractivity contribution in [2.24, 2.45) is 17.6 Å². The normalized spacial score (nSPS) is 17.5. The average Bonchev–Trinajstić information content (AvgIpc) is 2.95. The lowest BCUT2D eigenvalue weighted by Crippen LogP contribution is -2.64. The standard InChI is InChI=1S/C27H45ClN4O4.C4H4O4/c1-7-27(36,8-2)16-30-25(35)19(18(3)4)13-23(33)21(29)14-31-15-24(34)32(17-26(31,5)6)22-12-10-9-11-20(22)28;5-3(6)1-2-4(7)8/h9-12,18-19,21,23,33,36H,7-8,13-17,29H2,1-6H3,(H,30,35);1-2H,(H,5,6)(H,7,8)/b;2-1+/t19-,21-,23-;/m0./s1. The SMILES string of the molecule is CCC(O)(CC)CNC(=O)[C@@H](C[C@H](O)[C@@H](N)CN1CC(=O)N(c2ccccc2Cl)CC1(C)C)C(C)C.O=C(O)/C=C/C(=O)O. The van der Waals surface area contributed by atoms with Crippen molar-refractivity contribution in [3.63, 3.8) is 0 Å². The van der Waals surface area contributed by atoms with Crippen LogP contribution < -0.4 is 16.0 Å². The van der Waals surface area contributed by atoms with Crippen LogP contribution in [0.4, 0.5) is 5.69 Å². The van der Waals surface area contributed by atoms with Crippen LogP contribution in [0.5, 0.6) is 0 Å². The number of hydrogen-bond acceptors (Lipinski definition) is 8. The Morgan fingerprint density at radius 3 is 2.14 bits per heavy atom. The van der Waals surface area contributed by atoms with E-state index in [1.165, 1.54) is 0 Å². The third-order valence-electron chi connectivity index (χ3n) is 8.01. The maximum Gasteiger partial charge on any atom is 0.328 e. The molecular weight excluding hydrogens is 592 g/mol. The molecular formula is C31H49ClN4O8. The summed E-state index contributed by atoms with van der Waals surface area (Å²) < 4.78 is 0. The zero-order valence-corrected chi connectivity index (χ0v) is 27.3. The molecule has 3 atom stereocenters. The molecule has 0 aromatic heterocycles. The van der Waals surface area contributed by atoms with E-state index in [4.69, 9.17) is 27.5 Å². The maximum absolute atomic E-state index is 13.0. The van der Waals surface area contributed by atoms with Gasteiger partial charge in [0.2, 0.25) is 11.8 Å². The first kappa shape index (κ1) is 39.0. The van der Waals surface area contributed by atoms with Gasteiger partial charge in [-0.15, -0.1) is 0 Å². The second-order valence-electron chi connectivity index (χ2n) is 12.1. The van der Waals surface area contributed by atoms with Crippen molar-refractivity contribution in [1.82, 2.24) is 10.2 Å². The second kappa shape index (κ2) is 17.5. The molecule has 248 valence electrons. The van der Waals surface area contributed by atoms with Crippen molar-refractivity contribution in [3.05, 3.63) is 41.4 Å². The van der Waals surface area contributed by atoms with Crippen LogP contribution in [0.25, 0.3) is 0 Å². The Hall–Kier alpha value is -3.03. The van der Waals surface area contributed by atoms with Gasteiger partial charge in [-0.3, -0.25) is 14.5 Å². The first-order valence-corrected chi connectivity index (χ1v) is 15.1. The molecule has 13 heteroatoms. The van der Waals surface area contributed by atoms with Crippen LogP contribution in [0.3, 0.4) is 0 Å². The van der Waals surface area contributed by atoms with Gasteiger partial charge in [-0.1, -0.05) is 51.4 Å². The van der Waals surface area contributed by atoms with Crippen LogP contribution >= 0.6 is 11.6 Å². The molecule has 1 aliphatic heterocycles. The monoisotopic (exact) mass is 640 g/mol. The summed E-state index contributed by atoms with van der Waals surface area (Å²) >= 11 is 6.33. The lowest BCUT2D eigenvalue weighted by atomic mass is 9.86. The number of benzene rings is 1. The van der Waals surface area contributed by atoms with Gasteiger partial charge in [0.1, 0.15) is 0 Å². The van der Waals surface area contributed by atoms with Gasteiger partial charge in [0.15, 0.2) is 0 Å². The van der Waals surface area contributed by atoms with Crippen LogP contribution in [-0.4, -0.2) is 98.5 Å².